The van der Waals surface area contributed by atoms with Gasteiger partial charge >= 0.3 is 5.97 Å². The summed E-state index contributed by atoms with van der Waals surface area (Å²) in [5.41, 5.74) is 0.770. The molecule has 0 saturated carbocycles. The number of rotatable bonds is 2. The third-order valence-corrected chi connectivity index (χ3v) is 2.08. The molecule has 0 radical (unpaired) electrons. The lowest BCUT2D eigenvalue weighted by atomic mass is 10.1. The number of thiol groups is 1. The van der Waals surface area contributed by atoms with Crippen LogP contribution in [0.3, 0.4) is 0 Å². The molecule has 0 aliphatic rings. The minimum absolute atomic E-state index is 0.564. The van der Waals surface area contributed by atoms with Crippen molar-refractivity contribution >= 4 is 30.5 Å². The zero-order chi connectivity index (χ0) is 8.97. The van der Waals surface area contributed by atoms with Crippen molar-refractivity contribution in [1.82, 2.24) is 0 Å². The summed E-state index contributed by atoms with van der Waals surface area (Å²) in [4.78, 5) is 10.9. The van der Waals surface area contributed by atoms with Crippen LogP contribution in [0.2, 0.25) is 0 Å². The van der Waals surface area contributed by atoms with Crippen molar-refractivity contribution in [2.45, 2.75) is 5.25 Å². The Labute approximate surface area is 81.1 Å². The Morgan fingerprint density at radius 2 is 2.00 bits per heavy atom. The number of carbonyl (C=O) groups excluding carboxylic acids is 1. The quantitative estimate of drug-likeness (QED) is 0.746. The minimum Gasteiger partial charge on any atom is -0.346 e. The van der Waals surface area contributed by atoms with Crippen LogP contribution in [0.25, 0.3) is 0 Å². The van der Waals surface area contributed by atoms with Crippen molar-refractivity contribution in [2.24, 2.45) is 0 Å². The molecule has 0 amide bonds. The molecule has 1 unspecified atom stereocenters. The number of carbonyl (C=O) groups is 1. The molecule has 12 heavy (non-hydrogen) atoms. The summed E-state index contributed by atoms with van der Waals surface area (Å²) in [6, 6.07) is 9.06. The molecule has 0 N–H and O–H groups in total. The van der Waals surface area contributed by atoms with E-state index in [-0.39, 0.29) is 0 Å². The predicted octanol–water partition coefficient (Wildman–Crippen LogP) is 2.35. The molecule has 0 saturated heterocycles. The molecule has 1 aromatic rings. The van der Waals surface area contributed by atoms with Crippen LogP contribution in [0, 0.1) is 0 Å². The second-order valence-corrected chi connectivity index (χ2v) is 2.88. The van der Waals surface area contributed by atoms with Crippen LogP contribution in [-0.2, 0) is 9.08 Å². The van der Waals surface area contributed by atoms with Gasteiger partial charge in [-0.1, -0.05) is 30.3 Å². The molecule has 0 heterocycles. The van der Waals surface area contributed by atoms with E-state index in [4.69, 9.17) is 11.9 Å². The van der Waals surface area contributed by atoms with Gasteiger partial charge in [-0.25, -0.2) is 4.79 Å². The molecule has 0 spiro atoms. The van der Waals surface area contributed by atoms with Crippen LogP contribution in [0.1, 0.15) is 10.8 Å². The summed E-state index contributed by atoms with van der Waals surface area (Å²) in [7, 11) is 0. The number of benzene rings is 1. The van der Waals surface area contributed by atoms with Crippen LogP contribution in [-0.4, -0.2) is 5.97 Å². The Hall–Kier alpha value is -0.670. The van der Waals surface area contributed by atoms with Gasteiger partial charge in [0, 0.05) is 0 Å². The van der Waals surface area contributed by atoms with Gasteiger partial charge in [-0.3, -0.25) is 0 Å². The Morgan fingerprint density at radius 1 is 1.42 bits per heavy atom. The molecular formula is C8H7ClO2S. The predicted molar refractivity (Wildman–Crippen MR) is 50.1 cm³/mol. The topological polar surface area (TPSA) is 26.3 Å². The lowest BCUT2D eigenvalue weighted by molar-refractivity contribution is -0.133. The van der Waals surface area contributed by atoms with Crippen molar-refractivity contribution < 1.29 is 9.08 Å². The van der Waals surface area contributed by atoms with Gasteiger partial charge in [-0.15, -0.1) is 0 Å². The van der Waals surface area contributed by atoms with E-state index >= 15 is 0 Å². The van der Waals surface area contributed by atoms with E-state index in [1.807, 2.05) is 18.2 Å². The van der Waals surface area contributed by atoms with E-state index in [0.29, 0.717) is 0 Å². The van der Waals surface area contributed by atoms with Gasteiger partial charge < -0.3 is 4.29 Å². The fraction of sp³-hybridized carbons (Fsp3) is 0.125. The van der Waals surface area contributed by atoms with Gasteiger partial charge in [0.1, 0.15) is 17.1 Å². The smallest absolute Gasteiger partial charge is 0.341 e. The molecule has 4 heteroatoms. The Morgan fingerprint density at radius 3 is 2.50 bits per heavy atom. The summed E-state index contributed by atoms with van der Waals surface area (Å²) in [5, 5.41) is -0.608. The molecule has 64 valence electrons. The lowest BCUT2D eigenvalue weighted by Gasteiger charge is -2.05. The van der Waals surface area contributed by atoms with E-state index in [1.54, 1.807) is 12.1 Å². The first-order chi connectivity index (χ1) is 5.75. The summed E-state index contributed by atoms with van der Waals surface area (Å²) in [6.07, 6.45) is 0. The van der Waals surface area contributed by atoms with E-state index in [1.165, 1.54) is 0 Å². The maximum absolute atomic E-state index is 10.9. The van der Waals surface area contributed by atoms with Gasteiger partial charge in [0.25, 0.3) is 0 Å². The molecule has 0 fully saturated rings. The number of hydrogen-bond donors (Lipinski definition) is 1. The van der Waals surface area contributed by atoms with Crippen molar-refractivity contribution in [1.29, 1.82) is 0 Å². The highest BCUT2D eigenvalue weighted by atomic mass is 35.5. The second-order valence-electron chi connectivity index (χ2n) is 2.21. The summed E-state index contributed by atoms with van der Waals surface area (Å²) < 4.78 is 4.02. The van der Waals surface area contributed by atoms with E-state index in [2.05, 4.69) is 16.9 Å². The molecule has 0 aromatic heterocycles. The van der Waals surface area contributed by atoms with Gasteiger partial charge in [0.2, 0.25) is 0 Å². The first-order valence-corrected chi connectivity index (χ1v) is 4.13. The van der Waals surface area contributed by atoms with Gasteiger partial charge in [-0.05, 0) is 5.56 Å². The molecule has 0 bridgehead atoms. The van der Waals surface area contributed by atoms with E-state index in [0.717, 1.165) is 5.56 Å². The summed E-state index contributed by atoms with van der Waals surface area (Å²) in [5.74, 6) is -0.564. The Balaban J connectivity index is 2.78. The van der Waals surface area contributed by atoms with Crippen LogP contribution in [0.15, 0.2) is 30.3 Å². The van der Waals surface area contributed by atoms with Crippen molar-refractivity contribution in [2.75, 3.05) is 0 Å². The molecular weight excluding hydrogens is 196 g/mol. The van der Waals surface area contributed by atoms with Gasteiger partial charge in [0.15, 0.2) is 0 Å². The molecule has 1 rings (SSSR count). The minimum atomic E-state index is -0.608. The van der Waals surface area contributed by atoms with E-state index < -0.39 is 11.2 Å². The molecule has 1 aromatic carbocycles. The average Bonchev–Trinajstić information content (AvgIpc) is 2.17. The zero-order valence-corrected chi connectivity index (χ0v) is 7.76. The largest absolute Gasteiger partial charge is 0.346 e. The Bertz CT molecular complexity index is 263. The summed E-state index contributed by atoms with van der Waals surface area (Å²) >= 11 is 8.93. The number of hydrogen-bond acceptors (Lipinski definition) is 3. The van der Waals surface area contributed by atoms with Crippen LogP contribution < -0.4 is 0 Å². The highest BCUT2D eigenvalue weighted by Crippen LogP contribution is 2.21. The molecule has 0 aliphatic carbocycles. The third-order valence-electron chi connectivity index (χ3n) is 1.41. The monoisotopic (exact) mass is 202 g/mol. The van der Waals surface area contributed by atoms with Gasteiger partial charge in [-0.2, -0.15) is 12.6 Å². The normalized spacial score (nSPS) is 12.2. The molecule has 0 aliphatic heterocycles. The lowest BCUT2D eigenvalue weighted by Crippen LogP contribution is -2.05. The fourth-order valence-corrected chi connectivity index (χ4v) is 1.19. The average molecular weight is 203 g/mol. The van der Waals surface area contributed by atoms with Crippen LogP contribution in [0.4, 0.5) is 0 Å². The van der Waals surface area contributed by atoms with Crippen molar-refractivity contribution in [3.05, 3.63) is 35.9 Å². The first kappa shape index (κ1) is 9.42. The van der Waals surface area contributed by atoms with Crippen molar-refractivity contribution in [3.63, 3.8) is 0 Å². The number of halogens is 1. The SMILES string of the molecule is O=C(OCl)C(S)c1ccccc1. The highest BCUT2D eigenvalue weighted by molar-refractivity contribution is 7.81. The summed E-state index contributed by atoms with van der Waals surface area (Å²) in [6.45, 7) is 0. The maximum atomic E-state index is 10.9. The van der Waals surface area contributed by atoms with Crippen LogP contribution >= 0.6 is 24.5 Å². The third kappa shape index (κ3) is 2.16. The van der Waals surface area contributed by atoms with Crippen molar-refractivity contribution in [3.8, 4) is 0 Å². The Kier molecular flexibility index (Phi) is 3.44. The van der Waals surface area contributed by atoms with E-state index in [9.17, 15) is 4.79 Å². The van der Waals surface area contributed by atoms with Gasteiger partial charge in [0.05, 0.1) is 0 Å². The fourth-order valence-electron chi connectivity index (χ4n) is 0.814. The first-order valence-electron chi connectivity index (χ1n) is 3.31. The highest BCUT2D eigenvalue weighted by Gasteiger charge is 2.16. The second kappa shape index (κ2) is 4.38. The van der Waals surface area contributed by atoms with Crippen LogP contribution in [0.5, 0.6) is 0 Å². The zero-order valence-electron chi connectivity index (χ0n) is 6.11. The standard InChI is InChI=1S/C8H7ClO2S/c9-11-8(10)7(12)6-4-2-1-3-5-6/h1-5,7,12H. The molecule has 2 nitrogen and oxygen atoms in total. The maximum Gasteiger partial charge on any atom is 0.341 e. The molecule has 1 atom stereocenters.